The zero-order valence-electron chi connectivity index (χ0n) is 9.09. The van der Waals surface area contributed by atoms with E-state index >= 15 is 0 Å². The summed E-state index contributed by atoms with van der Waals surface area (Å²) >= 11 is 9.28. The monoisotopic (exact) mass is 332 g/mol. The van der Waals surface area contributed by atoms with Gasteiger partial charge in [-0.05, 0) is 24.3 Å². The lowest BCUT2D eigenvalue weighted by Crippen LogP contribution is -1.93. The summed E-state index contributed by atoms with van der Waals surface area (Å²) < 4.78 is 31.6. The number of halogens is 4. The van der Waals surface area contributed by atoms with Crippen LogP contribution in [-0.4, -0.2) is 0 Å². The standard InChI is InChI=1S/C13H8BrClF2O/c14-7-9-10(15)2-1-3-12(9)18-13-5-4-8(16)6-11(13)17/h1-6H,7H2. The minimum Gasteiger partial charge on any atom is -0.454 e. The molecule has 0 atom stereocenters. The molecule has 0 aliphatic heterocycles. The van der Waals surface area contributed by atoms with Crippen LogP contribution in [0, 0.1) is 11.6 Å². The summed E-state index contributed by atoms with van der Waals surface area (Å²) in [4.78, 5) is 0. The fourth-order valence-electron chi connectivity index (χ4n) is 1.44. The van der Waals surface area contributed by atoms with Gasteiger partial charge in [0.2, 0.25) is 0 Å². The van der Waals surface area contributed by atoms with Crippen molar-refractivity contribution in [2.24, 2.45) is 0 Å². The van der Waals surface area contributed by atoms with Crippen molar-refractivity contribution in [1.29, 1.82) is 0 Å². The molecule has 2 rings (SSSR count). The maximum Gasteiger partial charge on any atom is 0.168 e. The van der Waals surface area contributed by atoms with Crippen LogP contribution < -0.4 is 4.74 Å². The van der Waals surface area contributed by atoms with Gasteiger partial charge in [-0.25, -0.2) is 8.78 Å². The molecular formula is C13H8BrClF2O. The quantitative estimate of drug-likeness (QED) is 0.692. The Hall–Kier alpha value is -1.13. The van der Waals surface area contributed by atoms with Gasteiger partial charge in [-0.3, -0.25) is 0 Å². The number of alkyl halides is 1. The molecule has 0 unspecified atom stereocenters. The molecule has 0 aromatic heterocycles. The average Bonchev–Trinajstić information content (AvgIpc) is 2.33. The van der Waals surface area contributed by atoms with Crippen LogP contribution in [0.25, 0.3) is 0 Å². The second kappa shape index (κ2) is 5.67. The number of benzene rings is 2. The fourth-order valence-corrected chi connectivity index (χ4v) is 2.41. The van der Waals surface area contributed by atoms with Crippen molar-refractivity contribution in [3.8, 4) is 11.5 Å². The summed E-state index contributed by atoms with van der Waals surface area (Å²) in [5.41, 5.74) is 0.711. The zero-order valence-corrected chi connectivity index (χ0v) is 11.4. The van der Waals surface area contributed by atoms with E-state index in [1.165, 1.54) is 6.07 Å². The SMILES string of the molecule is Fc1ccc(Oc2cccc(Cl)c2CBr)c(F)c1. The predicted octanol–water partition coefficient (Wildman–Crippen LogP) is 5.31. The highest BCUT2D eigenvalue weighted by Gasteiger charge is 2.11. The van der Waals surface area contributed by atoms with Crippen molar-refractivity contribution in [2.75, 3.05) is 0 Å². The Labute approximate surface area is 116 Å². The lowest BCUT2D eigenvalue weighted by molar-refractivity contribution is 0.435. The highest BCUT2D eigenvalue weighted by atomic mass is 79.9. The first-order chi connectivity index (χ1) is 8.61. The Morgan fingerprint density at radius 1 is 1.11 bits per heavy atom. The highest BCUT2D eigenvalue weighted by molar-refractivity contribution is 9.08. The third-order valence-electron chi connectivity index (χ3n) is 2.32. The van der Waals surface area contributed by atoms with Crippen molar-refractivity contribution >= 4 is 27.5 Å². The second-order valence-corrected chi connectivity index (χ2v) is 4.49. The first-order valence-electron chi connectivity index (χ1n) is 5.08. The summed E-state index contributed by atoms with van der Waals surface area (Å²) in [6.07, 6.45) is 0. The van der Waals surface area contributed by atoms with Crippen molar-refractivity contribution in [3.63, 3.8) is 0 Å². The van der Waals surface area contributed by atoms with Crippen LogP contribution in [0.15, 0.2) is 36.4 Å². The normalized spacial score (nSPS) is 10.4. The zero-order chi connectivity index (χ0) is 13.1. The van der Waals surface area contributed by atoms with Crippen LogP contribution in [0.4, 0.5) is 8.78 Å². The van der Waals surface area contributed by atoms with Gasteiger partial charge in [-0.1, -0.05) is 33.6 Å². The van der Waals surface area contributed by atoms with Gasteiger partial charge in [0.15, 0.2) is 11.6 Å². The van der Waals surface area contributed by atoms with Crippen molar-refractivity contribution in [2.45, 2.75) is 5.33 Å². The van der Waals surface area contributed by atoms with E-state index < -0.39 is 11.6 Å². The van der Waals surface area contributed by atoms with Crippen LogP contribution in [-0.2, 0) is 5.33 Å². The maximum absolute atomic E-state index is 13.5. The van der Waals surface area contributed by atoms with Gasteiger partial charge in [0.25, 0.3) is 0 Å². The predicted molar refractivity (Wildman–Crippen MR) is 70.5 cm³/mol. The second-order valence-electron chi connectivity index (χ2n) is 3.53. The molecule has 18 heavy (non-hydrogen) atoms. The minimum absolute atomic E-state index is 0.0409. The summed E-state index contributed by atoms with van der Waals surface area (Å²) in [6.45, 7) is 0. The molecule has 0 heterocycles. The van der Waals surface area contributed by atoms with E-state index in [1.54, 1.807) is 18.2 Å². The molecule has 0 saturated heterocycles. The maximum atomic E-state index is 13.5. The third kappa shape index (κ3) is 2.82. The number of hydrogen-bond acceptors (Lipinski definition) is 1. The topological polar surface area (TPSA) is 9.23 Å². The molecular weight excluding hydrogens is 325 g/mol. The highest BCUT2D eigenvalue weighted by Crippen LogP contribution is 2.33. The van der Waals surface area contributed by atoms with Crippen molar-refractivity contribution < 1.29 is 13.5 Å². The van der Waals surface area contributed by atoms with Crippen LogP contribution >= 0.6 is 27.5 Å². The number of rotatable bonds is 3. The van der Waals surface area contributed by atoms with Gasteiger partial charge in [-0.15, -0.1) is 0 Å². The average molecular weight is 334 g/mol. The molecule has 94 valence electrons. The van der Waals surface area contributed by atoms with E-state index in [0.717, 1.165) is 12.1 Å². The van der Waals surface area contributed by atoms with Crippen molar-refractivity contribution in [3.05, 3.63) is 58.6 Å². The first-order valence-corrected chi connectivity index (χ1v) is 6.58. The Balaban J connectivity index is 2.37. The van der Waals surface area contributed by atoms with E-state index in [0.29, 0.717) is 21.7 Å². The Bertz CT molecular complexity index is 575. The molecule has 0 aliphatic carbocycles. The molecule has 5 heteroatoms. The Morgan fingerprint density at radius 3 is 2.56 bits per heavy atom. The molecule has 0 aliphatic rings. The molecule has 2 aromatic carbocycles. The van der Waals surface area contributed by atoms with E-state index in [4.69, 9.17) is 16.3 Å². The van der Waals surface area contributed by atoms with E-state index in [9.17, 15) is 8.78 Å². The minimum atomic E-state index is -0.754. The lowest BCUT2D eigenvalue weighted by atomic mass is 10.2. The molecule has 2 aromatic rings. The van der Waals surface area contributed by atoms with Gasteiger partial charge >= 0.3 is 0 Å². The number of hydrogen-bond donors (Lipinski definition) is 0. The Kier molecular flexibility index (Phi) is 4.19. The fraction of sp³-hybridized carbons (Fsp3) is 0.0769. The summed E-state index contributed by atoms with van der Waals surface area (Å²) in [5, 5.41) is 0.997. The molecule has 0 bridgehead atoms. The Morgan fingerprint density at radius 2 is 1.89 bits per heavy atom. The summed E-state index contributed by atoms with van der Waals surface area (Å²) in [7, 11) is 0. The van der Waals surface area contributed by atoms with Gasteiger partial charge in [0.05, 0.1) is 0 Å². The molecule has 0 spiro atoms. The van der Waals surface area contributed by atoms with Gasteiger partial charge < -0.3 is 4.74 Å². The molecule has 1 nitrogen and oxygen atoms in total. The third-order valence-corrected chi connectivity index (χ3v) is 3.24. The van der Waals surface area contributed by atoms with E-state index in [2.05, 4.69) is 15.9 Å². The molecule has 0 radical (unpaired) electrons. The molecule has 0 N–H and O–H groups in total. The lowest BCUT2D eigenvalue weighted by Gasteiger charge is -2.11. The van der Waals surface area contributed by atoms with Gasteiger partial charge in [0.1, 0.15) is 11.6 Å². The van der Waals surface area contributed by atoms with Gasteiger partial charge in [-0.2, -0.15) is 0 Å². The molecule has 0 saturated carbocycles. The number of ether oxygens (including phenoxy) is 1. The van der Waals surface area contributed by atoms with Crippen LogP contribution in [0.5, 0.6) is 11.5 Å². The molecule has 0 amide bonds. The van der Waals surface area contributed by atoms with Crippen molar-refractivity contribution in [1.82, 2.24) is 0 Å². The van der Waals surface area contributed by atoms with Gasteiger partial charge in [0, 0.05) is 22.0 Å². The van der Waals surface area contributed by atoms with E-state index in [-0.39, 0.29) is 5.75 Å². The van der Waals surface area contributed by atoms with Crippen LogP contribution in [0.2, 0.25) is 5.02 Å². The summed E-state index contributed by atoms with van der Waals surface area (Å²) in [5.74, 6) is -1.01. The smallest absolute Gasteiger partial charge is 0.168 e. The van der Waals surface area contributed by atoms with E-state index in [1.807, 2.05) is 0 Å². The molecule has 0 fully saturated rings. The van der Waals surface area contributed by atoms with Crippen LogP contribution in [0.3, 0.4) is 0 Å². The largest absolute Gasteiger partial charge is 0.454 e. The summed E-state index contributed by atoms with van der Waals surface area (Å²) in [6, 6.07) is 8.23. The first kappa shape index (κ1) is 13.3. The van der Waals surface area contributed by atoms with Crippen LogP contribution in [0.1, 0.15) is 5.56 Å².